The molecule has 0 aliphatic heterocycles. The van der Waals surface area contributed by atoms with Crippen LogP contribution in [-0.4, -0.2) is 19.0 Å². The maximum Gasteiger partial charge on any atom is 0.221 e. The van der Waals surface area contributed by atoms with Gasteiger partial charge in [-0.3, -0.25) is 4.79 Å². The van der Waals surface area contributed by atoms with Gasteiger partial charge in [-0.05, 0) is 31.5 Å². The van der Waals surface area contributed by atoms with Crippen molar-refractivity contribution >= 4 is 23.2 Å². The van der Waals surface area contributed by atoms with Gasteiger partial charge < -0.3 is 10.6 Å². The lowest BCUT2D eigenvalue weighted by molar-refractivity contribution is -0.120. The summed E-state index contributed by atoms with van der Waals surface area (Å²) in [6, 6.07) is 5.84. The van der Waals surface area contributed by atoms with Crippen LogP contribution in [0.15, 0.2) is 18.2 Å². The monoisotopic (exact) mass is 240 g/mol. The summed E-state index contributed by atoms with van der Waals surface area (Å²) >= 11 is 6.05. The summed E-state index contributed by atoms with van der Waals surface area (Å²) in [6.45, 7) is 3.96. The zero-order valence-corrected chi connectivity index (χ0v) is 10.6. The molecular formula is C12H17ClN2O. The summed E-state index contributed by atoms with van der Waals surface area (Å²) in [5.41, 5.74) is 2.01. The molecule has 0 fully saturated rings. The fourth-order valence-electron chi connectivity index (χ4n) is 1.45. The van der Waals surface area contributed by atoms with Crippen molar-refractivity contribution in [2.45, 2.75) is 26.3 Å². The van der Waals surface area contributed by atoms with Crippen molar-refractivity contribution in [3.05, 3.63) is 28.8 Å². The second-order valence-corrected chi connectivity index (χ2v) is 4.31. The van der Waals surface area contributed by atoms with Crippen LogP contribution in [0.4, 0.5) is 5.69 Å². The Balaban J connectivity index is 2.65. The highest BCUT2D eigenvalue weighted by atomic mass is 35.5. The molecule has 1 rings (SSSR count). The minimum Gasteiger partial charge on any atom is -0.381 e. The lowest BCUT2D eigenvalue weighted by Crippen LogP contribution is -2.26. The van der Waals surface area contributed by atoms with Crippen LogP contribution >= 0.6 is 11.6 Å². The van der Waals surface area contributed by atoms with Crippen LogP contribution < -0.4 is 10.6 Å². The first-order chi connectivity index (χ1) is 7.52. The molecule has 0 aliphatic rings. The maximum absolute atomic E-state index is 11.2. The molecular weight excluding hydrogens is 224 g/mol. The highest BCUT2D eigenvalue weighted by molar-refractivity contribution is 6.33. The smallest absolute Gasteiger partial charge is 0.221 e. The Morgan fingerprint density at radius 3 is 2.81 bits per heavy atom. The number of nitrogens with one attached hydrogen (secondary N) is 2. The Morgan fingerprint density at radius 1 is 1.50 bits per heavy atom. The summed E-state index contributed by atoms with van der Waals surface area (Å²) < 4.78 is 0. The molecule has 0 aliphatic carbocycles. The number of aryl methyl sites for hydroxylation is 1. The summed E-state index contributed by atoms with van der Waals surface area (Å²) in [4.78, 5) is 11.2. The van der Waals surface area contributed by atoms with Gasteiger partial charge in [-0.25, -0.2) is 0 Å². The van der Waals surface area contributed by atoms with Crippen molar-refractivity contribution in [3.8, 4) is 0 Å². The lowest BCUT2D eigenvalue weighted by atomic mass is 10.2. The molecule has 1 aromatic carbocycles. The molecule has 0 aromatic heterocycles. The number of carbonyl (C=O) groups excluding carboxylic acids is 1. The molecule has 3 nitrogen and oxygen atoms in total. The van der Waals surface area contributed by atoms with Crippen LogP contribution in [0.25, 0.3) is 0 Å². The van der Waals surface area contributed by atoms with Crippen LogP contribution in [0.3, 0.4) is 0 Å². The highest BCUT2D eigenvalue weighted by Crippen LogP contribution is 2.23. The van der Waals surface area contributed by atoms with Gasteiger partial charge in [0.05, 0.1) is 10.7 Å². The van der Waals surface area contributed by atoms with Crippen LogP contribution in [0.2, 0.25) is 5.02 Å². The summed E-state index contributed by atoms with van der Waals surface area (Å²) in [6.07, 6.45) is 0.431. The Kier molecular flexibility index (Phi) is 4.62. The molecule has 2 N–H and O–H groups in total. The number of halogens is 1. The van der Waals surface area contributed by atoms with Gasteiger partial charge in [0.25, 0.3) is 0 Å². The van der Waals surface area contributed by atoms with E-state index in [1.165, 1.54) is 0 Å². The average Bonchev–Trinajstić information content (AvgIpc) is 2.23. The summed E-state index contributed by atoms with van der Waals surface area (Å²) in [5, 5.41) is 6.49. The number of rotatable bonds is 4. The molecule has 0 saturated heterocycles. The average molecular weight is 241 g/mol. The molecule has 88 valence electrons. The lowest BCUT2D eigenvalue weighted by Gasteiger charge is -2.16. The molecule has 1 atom stereocenters. The number of anilines is 1. The van der Waals surface area contributed by atoms with Gasteiger partial charge in [-0.15, -0.1) is 0 Å². The van der Waals surface area contributed by atoms with E-state index in [4.69, 9.17) is 11.6 Å². The largest absolute Gasteiger partial charge is 0.381 e. The minimum atomic E-state index is 0.0174. The van der Waals surface area contributed by atoms with E-state index >= 15 is 0 Å². The Bertz CT molecular complexity index is 379. The standard InChI is InChI=1S/C12H17ClN2O/c1-8-4-5-10(13)11(6-8)15-9(2)7-12(16)14-3/h4-6,9,15H,7H2,1-3H3,(H,14,16). The quantitative estimate of drug-likeness (QED) is 0.850. The zero-order chi connectivity index (χ0) is 12.1. The van der Waals surface area contributed by atoms with Gasteiger partial charge in [0.2, 0.25) is 5.91 Å². The first-order valence-corrected chi connectivity index (χ1v) is 5.64. The Hall–Kier alpha value is -1.22. The van der Waals surface area contributed by atoms with E-state index in [0.717, 1.165) is 11.3 Å². The fourth-order valence-corrected chi connectivity index (χ4v) is 1.62. The second kappa shape index (κ2) is 5.75. The van der Waals surface area contributed by atoms with Gasteiger partial charge in [0, 0.05) is 19.5 Å². The number of carbonyl (C=O) groups is 1. The highest BCUT2D eigenvalue weighted by Gasteiger charge is 2.09. The third-order valence-corrected chi connectivity index (χ3v) is 2.62. The molecule has 0 bridgehead atoms. The van der Waals surface area contributed by atoms with Crippen molar-refractivity contribution in [3.63, 3.8) is 0 Å². The van der Waals surface area contributed by atoms with Crippen molar-refractivity contribution < 1.29 is 4.79 Å². The van der Waals surface area contributed by atoms with Crippen molar-refractivity contribution in [2.75, 3.05) is 12.4 Å². The summed E-state index contributed by atoms with van der Waals surface area (Å²) in [5.74, 6) is 0.0174. The van der Waals surface area contributed by atoms with E-state index in [1.54, 1.807) is 7.05 Å². The third-order valence-electron chi connectivity index (χ3n) is 2.29. The molecule has 1 amide bonds. The van der Waals surface area contributed by atoms with Gasteiger partial charge >= 0.3 is 0 Å². The Morgan fingerprint density at radius 2 is 2.19 bits per heavy atom. The maximum atomic E-state index is 11.2. The molecule has 1 unspecified atom stereocenters. The van der Waals surface area contributed by atoms with E-state index in [9.17, 15) is 4.79 Å². The molecule has 16 heavy (non-hydrogen) atoms. The van der Waals surface area contributed by atoms with Gasteiger partial charge in [-0.2, -0.15) is 0 Å². The van der Waals surface area contributed by atoms with Gasteiger partial charge in [-0.1, -0.05) is 17.7 Å². The number of hydrogen-bond donors (Lipinski definition) is 2. The van der Waals surface area contributed by atoms with Crippen LogP contribution in [-0.2, 0) is 4.79 Å². The fraction of sp³-hybridized carbons (Fsp3) is 0.417. The molecule has 1 aromatic rings. The van der Waals surface area contributed by atoms with Gasteiger partial charge in [0.1, 0.15) is 0 Å². The Labute approximate surface area is 101 Å². The van der Waals surface area contributed by atoms with Crippen LogP contribution in [0.5, 0.6) is 0 Å². The van der Waals surface area contributed by atoms with E-state index in [1.807, 2.05) is 32.0 Å². The molecule has 0 spiro atoms. The molecule has 0 saturated carbocycles. The van der Waals surface area contributed by atoms with E-state index in [2.05, 4.69) is 10.6 Å². The van der Waals surface area contributed by atoms with Gasteiger partial charge in [0.15, 0.2) is 0 Å². The van der Waals surface area contributed by atoms with E-state index < -0.39 is 0 Å². The normalized spacial score (nSPS) is 12.0. The minimum absolute atomic E-state index is 0.0174. The van der Waals surface area contributed by atoms with Crippen molar-refractivity contribution in [1.29, 1.82) is 0 Å². The molecule has 0 radical (unpaired) electrons. The summed E-state index contributed by atoms with van der Waals surface area (Å²) in [7, 11) is 1.63. The third kappa shape index (κ3) is 3.74. The van der Waals surface area contributed by atoms with E-state index in [-0.39, 0.29) is 11.9 Å². The van der Waals surface area contributed by atoms with E-state index in [0.29, 0.717) is 11.4 Å². The predicted molar refractivity (Wildman–Crippen MR) is 68.0 cm³/mol. The second-order valence-electron chi connectivity index (χ2n) is 3.91. The van der Waals surface area contributed by atoms with Crippen LogP contribution in [0, 0.1) is 6.92 Å². The SMILES string of the molecule is CNC(=O)CC(C)Nc1cc(C)ccc1Cl. The predicted octanol–water partition coefficient (Wildman–Crippen LogP) is 2.58. The first kappa shape index (κ1) is 12.8. The molecule has 0 heterocycles. The topological polar surface area (TPSA) is 41.1 Å². The number of amides is 1. The van der Waals surface area contributed by atoms with Crippen molar-refractivity contribution in [2.24, 2.45) is 0 Å². The number of benzene rings is 1. The van der Waals surface area contributed by atoms with Crippen molar-refractivity contribution in [1.82, 2.24) is 5.32 Å². The van der Waals surface area contributed by atoms with Crippen LogP contribution in [0.1, 0.15) is 18.9 Å². The molecule has 4 heteroatoms. The number of hydrogen-bond acceptors (Lipinski definition) is 2. The zero-order valence-electron chi connectivity index (χ0n) is 9.80. The first-order valence-electron chi connectivity index (χ1n) is 5.26.